The zero-order valence-electron chi connectivity index (χ0n) is 10.0. The van der Waals surface area contributed by atoms with Crippen molar-refractivity contribution in [2.75, 3.05) is 13.1 Å². The van der Waals surface area contributed by atoms with Crippen LogP contribution in [0.3, 0.4) is 0 Å². The Labute approximate surface area is 92.9 Å². The van der Waals surface area contributed by atoms with Crippen molar-refractivity contribution in [3.8, 4) is 0 Å². The van der Waals surface area contributed by atoms with Crippen LogP contribution < -0.4 is 5.32 Å². The van der Waals surface area contributed by atoms with E-state index in [0.717, 1.165) is 18.4 Å². The van der Waals surface area contributed by atoms with Gasteiger partial charge in [-0.2, -0.15) is 0 Å². The van der Waals surface area contributed by atoms with Crippen LogP contribution in [0.15, 0.2) is 18.2 Å². The zero-order valence-corrected chi connectivity index (χ0v) is 10.0. The summed E-state index contributed by atoms with van der Waals surface area (Å²) >= 11 is 0. The highest BCUT2D eigenvalue weighted by molar-refractivity contribution is 5.31. The van der Waals surface area contributed by atoms with E-state index in [-0.39, 0.29) is 0 Å². The van der Waals surface area contributed by atoms with Gasteiger partial charge in [-0.05, 0) is 50.8 Å². The summed E-state index contributed by atoms with van der Waals surface area (Å²) in [6.07, 6.45) is 1.28. The minimum absolute atomic E-state index is 0.754. The molecular formula is C14H21N. The van der Waals surface area contributed by atoms with Gasteiger partial charge in [0.05, 0.1) is 0 Å². The van der Waals surface area contributed by atoms with E-state index in [1.165, 1.54) is 24.1 Å². The van der Waals surface area contributed by atoms with Crippen molar-refractivity contribution in [3.05, 3.63) is 34.9 Å². The first-order valence-electron chi connectivity index (χ1n) is 5.96. The number of nitrogens with one attached hydrogen (secondary N) is 1. The highest BCUT2D eigenvalue weighted by Gasteiger charge is 2.22. The third-order valence-corrected chi connectivity index (χ3v) is 3.46. The molecule has 2 unspecified atom stereocenters. The van der Waals surface area contributed by atoms with Crippen molar-refractivity contribution in [1.29, 1.82) is 0 Å². The average molecular weight is 203 g/mol. The van der Waals surface area contributed by atoms with Gasteiger partial charge in [-0.3, -0.25) is 0 Å². The van der Waals surface area contributed by atoms with Crippen LogP contribution in [0.5, 0.6) is 0 Å². The Balaban J connectivity index is 2.27. The Bertz CT molecular complexity index is 323. The molecule has 1 aliphatic rings. The lowest BCUT2D eigenvalue weighted by molar-refractivity contribution is 0.349. The molecule has 0 spiro atoms. The van der Waals surface area contributed by atoms with Crippen molar-refractivity contribution >= 4 is 0 Å². The molecule has 1 fully saturated rings. The van der Waals surface area contributed by atoms with Gasteiger partial charge in [-0.1, -0.05) is 36.2 Å². The zero-order chi connectivity index (χ0) is 10.8. The van der Waals surface area contributed by atoms with Gasteiger partial charge in [0.15, 0.2) is 0 Å². The highest BCUT2D eigenvalue weighted by atomic mass is 14.9. The third kappa shape index (κ3) is 2.40. The minimum atomic E-state index is 0.754. The van der Waals surface area contributed by atoms with Crippen molar-refractivity contribution in [3.63, 3.8) is 0 Å². The Hall–Kier alpha value is -0.820. The van der Waals surface area contributed by atoms with E-state index in [2.05, 4.69) is 44.3 Å². The third-order valence-electron chi connectivity index (χ3n) is 3.46. The molecule has 2 rings (SSSR count). The number of aryl methyl sites for hydroxylation is 2. The first-order valence-corrected chi connectivity index (χ1v) is 5.96. The lowest BCUT2D eigenvalue weighted by atomic mass is 9.81. The van der Waals surface area contributed by atoms with Crippen LogP contribution in [-0.4, -0.2) is 13.1 Å². The van der Waals surface area contributed by atoms with Gasteiger partial charge in [0.25, 0.3) is 0 Å². The molecule has 15 heavy (non-hydrogen) atoms. The van der Waals surface area contributed by atoms with E-state index < -0.39 is 0 Å². The van der Waals surface area contributed by atoms with Crippen molar-refractivity contribution in [2.24, 2.45) is 5.92 Å². The Morgan fingerprint density at radius 1 is 1.13 bits per heavy atom. The van der Waals surface area contributed by atoms with E-state index >= 15 is 0 Å². The number of piperidine rings is 1. The number of hydrogen-bond acceptors (Lipinski definition) is 1. The minimum Gasteiger partial charge on any atom is -0.316 e. The molecule has 2 atom stereocenters. The fraction of sp³-hybridized carbons (Fsp3) is 0.571. The second-order valence-electron chi connectivity index (χ2n) is 5.00. The van der Waals surface area contributed by atoms with E-state index in [0.29, 0.717) is 0 Å². The van der Waals surface area contributed by atoms with Crippen LogP contribution >= 0.6 is 0 Å². The normalized spacial score (nSPS) is 26.6. The van der Waals surface area contributed by atoms with Gasteiger partial charge in [0, 0.05) is 0 Å². The maximum absolute atomic E-state index is 3.46. The Morgan fingerprint density at radius 3 is 2.40 bits per heavy atom. The highest BCUT2D eigenvalue weighted by Crippen LogP contribution is 2.30. The quantitative estimate of drug-likeness (QED) is 0.740. The number of rotatable bonds is 1. The average Bonchev–Trinajstić information content (AvgIpc) is 2.16. The van der Waals surface area contributed by atoms with Crippen LogP contribution in [0.2, 0.25) is 0 Å². The predicted molar refractivity (Wildman–Crippen MR) is 65.3 cm³/mol. The van der Waals surface area contributed by atoms with Gasteiger partial charge < -0.3 is 5.32 Å². The summed E-state index contributed by atoms with van der Waals surface area (Å²) in [6.45, 7) is 9.08. The summed E-state index contributed by atoms with van der Waals surface area (Å²) in [5.74, 6) is 1.52. The molecular weight excluding hydrogens is 182 g/mol. The van der Waals surface area contributed by atoms with Crippen molar-refractivity contribution in [2.45, 2.75) is 33.1 Å². The van der Waals surface area contributed by atoms with Gasteiger partial charge in [-0.15, -0.1) is 0 Å². The maximum atomic E-state index is 3.46. The first kappa shape index (κ1) is 10.7. The molecule has 1 aliphatic heterocycles. The van der Waals surface area contributed by atoms with E-state index in [4.69, 9.17) is 0 Å². The van der Waals surface area contributed by atoms with Gasteiger partial charge in [-0.25, -0.2) is 0 Å². The molecule has 1 aromatic carbocycles. The van der Waals surface area contributed by atoms with Crippen LogP contribution in [0.1, 0.15) is 36.0 Å². The predicted octanol–water partition coefficient (Wildman–Crippen LogP) is 3.02. The van der Waals surface area contributed by atoms with Gasteiger partial charge in [0.2, 0.25) is 0 Å². The molecule has 1 heteroatoms. The molecule has 0 radical (unpaired) electrons. The van der Waals surface area contributed by atoms with Crippen LogP contribution in [0.25, 0.3) is 0 Å². The molecule has 0 saturated carbocycles. The molecule has 1 aromatic rings. The summed E-state index contributed by atoms with van der Waals surface area (Å²) in [6, 6.07) is 6.98. The van der Waals surface area contributed by atoms with Crippen LogP contribution in [0.4, 0.5) is 0 Å². The Kier molecular flexibility index (Phi) is 3.11. The molecule has 1 heterocycles. The molecule has 0 aliphatic carbocycles. The van der Waals surface area contributed by atoms with Crippen LogP contribution in [-0.2, 0) is 0 Å². The van der Waals surface area contributed by atoms with E-state index in [9.17, 15) is 0 Å². The monoisotopic (exact) mass is 203 g/mol. The summed E-state index contributed by atoms with van der Waals surface area (Å²) in [5, 5.41) is 3.46. The first-order chi connectivity index (χ1) is 7.16. The molecule has 1 N–H and O–H groups in total. The standard InChI is InChI=1S/C14H21N/c1-10-6-11(2)8-13(7-10)14-4-5-15-9-12(14)3/h6-8,12,14-15H,4-5,9H2,1-3H3. The summed E-state index contributed by atoms with van der Waals surface area (Å²) in [7, 11) is 0. The fourth-order valence-electron chi connectivity index (χ4n) is 2.73. The smallest absolute Gasteiger partial charge is 0.00173 e. The number of benzene rings is 1. The molecule has 1 nitrogen and oxygen atoms in total. The lowest BCUT2D eigenvalue weighted by Crippen LogP contribution is -2.33. The van der Waals surface area contributed by atoms with Crippen molar-refractivity contribution in [1.82, 2.24) is 5.32 Å². The summed E-state index contributed by atoms with van der Waals surface area (Å²) in [5.41, 5.74) is 4.34. The second-order valence-corrected chi connectivity index (χ2v) is 5.00. The van der Waals surface area contributed by atoms with Crippen LogP contribution in [0, 0.1) is 19.8 Å². The van der Waals surface area contributed by atoms with Gasteiger partial charge >= 0.3 is 0 Å². The van der Waals surface area contributed by atoms with E-state index in [1.54, 1.807) is 5.56 Å². The molecule has 1 saturated heterocycles. The Morgan fingerprint density at radius 2 is 1.80 bits per heavy atom. The molecule has 0 bridgehead atoms. The molecule has 0 aromatic heterocycles. The fourth-order valence-corrected chi connectivity index (χ4v) is 2.73. The number of hydrogen-bond donors (Lipinski definition) is 1. The summed E-state index contributed by atoms with van der Waals surface area (Å²) in [4.78, 5) is 0. The maximum Gasteiger partial charge on any atom is -0.00173 e. The molecule has 82 valence electrons. The van der Waals surface area contributed by atoms with Crippen molar-refractivity contribution < 1.29 is 0 Å². The molecule has 0 amide bonds. The second kappa shape index (κ2) is 4.36. The lowest BCUT2D eigenvalue weighted by Gasteiger charge is -2.30. The SMILES string of the molecule is Cc1cc(C)cc(C2CCNCC2C)c1. The van der Waals surface area contributed by atoms with Gasteiger partial charge in [0.1, 0.15) is 0 Å². The largest absolute Gasteiger partial charge is 0.316 e. The summed E-state index contributed by atoms with van der Waals surface area (Å²) < 4.78 is 0. The van der Waals surface area contributed by atoms with E-state index in [1.807, 2.05) is 0 Å². The topological polar surface area (TPSA) is 12.0 Å².